The first kappa shape index (κ1) is 13.6. The third-order valence-electron chi connectivity index (χ3n) is 2.33. The number of aromatic nitrogens is 2. The fraction of sp³-hybridized carbons (Fsp3) is 0.0909. The van der Waals surface area contributed by atoms with Gasteiger partial charge in [-0.05, 0) is 18.2 Å². The van der Waals surface area contributed by atoms with E-state index in [1.165, 1.54) is 18.6 Å². The van der Waals surface area contributed by atoms with Gasteiger partial charge in [0.15, 0.2) is 5.82 Å². The van der Waals surface area contributed by atoms with Crippen molar-refractivity contribution in [1.82, 2.24) is 9.97 Å². The van der Waals surface area contributed by atoms with Crippen LogP contribution in [0.25, 0.3) is 0 Å². The lowest BCUT2D eigenvalue weighted by atomic mass is 10.4. The SMILES string of the molecule is CNc1ccncc1S(=O)(=O)Nc1ncccc1Cl. The van der Waals surface area contributed by atoms with Crippen LogP contribution in [0.1, 0.15) is 0 Å². The lowest BCUT2D eigenvalue weighted by Gasteiger charge is -2.11. The third-order valence-corrected chi connectivity index (χ3v) is 4.00. The van der Waals surface area contributed by atoms with Gasteiger partial charge >= 0.3 is 0 Å². The first-order chi connectivity index (χ1) is 9.04. The van der Waals surface area contributed by atoms with Gasteiger partial charge in [-0.2, -0.15) is 0 Å². The van der Waals surface area contributed by atoms with Crippen molar-refractivity contribution in [3.8, 4) is 0 Å². The van der Waals surface area contributed by atoms with E-state index in [0.29, 0.717) is 5.69 Å². The van der Waals surface area contributed by atoms with Gasteiger partial charge in [0.2, 0.25) is 0 Å². The van der Waals surface area contributed by atoms with Gasteiger partial charge in [-0.1, -0.05) is 11.6 Å². The summed E-state index contributed by atoms with van der Waals surface area (Å²) in [5.74, 6) is 0.0788. The van der Waals surface area contributed by atoms with Crippen LogP contribution in [-0.2, 0) is 10.0 Å². The maximum Gasteiger partial charge on any atom is 0.266 e. The van der Waals surface area contributed by atoms with Crippen LogP contribution in [0, 0.1) is 0 Å². The van der Waals surface area contributed by atoms with Gasteiger partial charge in [0.1, 0.15) is 4.90 Å². The molecule has 0 atom stereocenters. The largest absolute Gasteiger partial charge is 0.387 e. The Labute approximate surface area is 115 Å². The Morgan fingerprint density at radius 3 is 2.74 bits per heavy atom. The third kappa shape index (κ3) is 2.94. The molecule has 6 nitrogen and oxygen atoms in total. The number of hydrogen-bond acceptors (Lipinski definition) is 5. The van der Waals surface area contributed by atoms with Crippen molar-refractivity contribution < 1.29 is 8.42 Å². The smallest absolute Gasteiger partial charge is 0.266 e. The number of anilines is 2. The molecule has 2 rings (SSSR count). The Balaban J connectivity index is 2.41. The summed E-state index contributed by atoms with van der Waals surface area (Å²) in [6.07, 6.45) is 4.20. The lowest BCUT2D eigenvalue weighted by molar-refractivity contribution is 0.601. The topological polar surface area (TPSA) is 84.0 Å². The summed E-state index contributed by atoms with van der Waals surface area (Å²) in [5, 5.41) is 3.01. The van der Waals surface area contributed by atoms with Crippen molar-refractivity contribution >= 4 is 33.1 Å². The zero-order valence-electron chi connectivity index (χ0n) is 9.96. The molecule has 8 heteroatoms. The minimum absolute atomic E-state index is 0.0271. The molecular weight excluding hydrogens is 288 g/mol. The molecule has 100 valence electrons. The highest BCUT2D eigenvalue weighted by Gasteiger charge is 2.20. The molecule has 2 aromatic rings. The maximum atomic E-state index is 12.2. The molecule has 0 spiro atoms. The van der Waals surface area contributed by atoms with E-state index in [1.54, 1.807) is 25.2 Å². The molecule has 0 amide bonds. The molecule has 0 radical (unpaired) electrons. The fourth-order valence-electron chi connectivity index (χ4n) is 1.44. The van der Waals surface area contributed by atoms with Gasteiger partial charge in [-0.3, -0.25) is 9.71 Å². The first-order valence-corrected chi connectivity index (χ1v) is 7.16. The molecule has 0 bridgehead atoms. The summed E-state index contributed by atoms with van der Waals surface area (Å²) in [6, 6.07) is 4.73. The second-order valence-corrected chi connectivity index (χ2v) is 5.62. The summed E-state index contributed by atoms with van der Waals surface area (Å²) in [4.78, 5) is 7.72. The van der Waals surface area contributed by atoms with Crippen LogP contribution in [0.5, 0.6) is 0 Å². The van der Waals surface area contributed by atoms with E-state index >= 15 is 0 Å². The number of halogens is 1. The minimum atomic E-state index is -3.80. The quantitative estimate of drug-likeness (QED) is 0.901. The zero-order valence-corrected chi connectivity index (χ0v) is 11.5. The molecular formula is C11H11ClN4O2S. The van der Waals surface area contributed by atoms with Gasteiger partial charge in [0.25, 0.3) is 10.0 Å². The Hall–Kier alpha value is -1.86. The average molecular weight is 299 g/mol. The molecule has 0 aliphatic rings. The predicted molar refractivity (Wildman–Crippen MR) is 73.8 cm³/mol. The van der Waals surface area contributed by atoms with Crippen molar-refractivity contribution in [2.24, 2.45) is 0 Å². The number of sulfonamides is 1. The highest BCUT2D eigenvalue weighted by atomic mass is 35.5. The molecule has 2 N–H and O–H groups in total. The van der Waals surface area contributed by atoms with Crippen molar-refractivity contribution in [3.63, 3.8) is 0 Å². The molecule has 0 saturated heterocycles. The van der Waals surface area contributed by atoms with Crippen molar-refractivity contribution in [2.45, 2.75) is 4.90 Å². The molecule has 19 heavy (non-hydrogen) atoms. The van der Waals surface area contributed by atoms with E-state index in [9.17, 15) is 8.42 Å². The van der Waals surface area contributed by atoms with Crippen LogP contribution in [0.4, 0.5) is 11.5 Å². The number of hydrogen-bond donors (Lipinski definition) is 2. The maximum absolute atomic E-state index is 12.2. The van der Waals surface area contributed by atoms with Crippen LogP contribution in [0.2, 0.25) is 5.02 Å². The van der Waals surface area contributed by atoms with Crippen LogP contribution in [0.15, 0.2) is 41.7 Å². The van der Waals surface area contributed by atoms with Gasteiger partial charge in [-0.25, -0.2) is 13.4 Å². The van der Waals surface area contributed by atoms with E-state index in [0.717, 1.165) is 0 Å². The zero-order chi connectivity index (χ0) is 13.9. The number of nitrogens with one attached hydrogen (secondary N) is 2. The number of nitrogens with zero attached hydrogens (tertiary/aromatic N) is 2. The normalized spacial score (nSPS) is 11.1. The summed E-state index contributed by atoms with van der Waals surface area (Å²) in [7, 11) is -2.17. The monoisotopic (exact) mass is 298 g/mol. The van der Waals surface area contributed by atoms with E-state index in [1.807, 2.05) is 0 Å². The van der Waals surface area contributed by atoms with E-state index < -0.39 is 10.0 Å². The molecule has 0 aliphatic heterocycles. The highest BCUT2D eigenvalue weighted by Crippen LogP contribution is 2.24. The first-order valence-electron chi connectivity index (χ1n) is 5.29. The van der Waals surface area contributed by atoms with Crippen molar-refractivity contribution in [1.29, 1.82) is 0 Å². The lowest BCUT2D eigenvalue weighted by Crippen LogP contribution is -2.16. The molecule has 0 saturated carbocycles. The van der Waals surface area contributed by atoms with E-state index in [4.69, 9.17) is 11.6 Å². The fourth-order valence-corrected chi connectivity index (χ4v) is 2.85. The minimum Gasteiger partial charge on any atom is -0.387 e. The molecule has 0 fully saturated rings. The highest BCUT2D eigenvalue weighted by molar-refractivity contribution is 7.92. The summed E-state index contributed by atoms with van der Waals surface area (Å²) < 4.78 is 26.8. The van der Waals surface area contributed by atoms with Gasteiger partial charge < -0.3 is 5.32 Å². The Bertz CT molecular complexity index is 691. The van der Waals surface area contributed by atoms with Crippen LogP contribution in [0.3, 0.4) is 0 Å². The Morgan fingerprint density at radius 1 is 1.26 bits per heavy atom. The van der Waals surface area contributed by atoms with Crippen molar-refractivity contribution in [3.05, 3.63) is 41.8 Å². The van der Waals surface area contributed by atoms with Gasteiger partial charge in [0.05, 0.1) is 10.7 Å². The molecule has 2 heterocycles. The van der Waals surface area contributed by atoms with Crippen LogP contribution < -0.4 is 10.0 Å². The standard InChI is InChI=1S/C11H11ClN4O2S/c1-13-9-4-6-14-7-10(9)19(17,18)16-11-8(12)3-2-5-15-11/h2-7H,1H3,(H,13,14)(H,15,16). The Morgan fingerprint density at radius 2 is 2.05 bits per heavy atom. The van der Waals surface area contributed by atoms with E-state index in [-0.39, 0.29) is 15.7 Å². The van der Waals surface area contributed by atoms with Gasteiger partial charge in [0, 0.05) is 25.6 Å². The molecule has 0 aliphatic carbocycles. The summed E-state index contributed by atoms with van der Waals surface area (Å²) in [6.45, 7) is 0. The average Bonchev–Trinajstić information content (AvgIpc) is 2.41. The summed E-state index contributed by atoms with van der Waals surface area (Å²) >= 11 is 5.87. The molecule has 0 unspecified atom stereocenters. The van der Waals surface area contributed by atoms with E-state index in [2.05, 4.69) is 20.0 Å². The molecule has 2 aromatic heterocycles. The number of pyridine rings is 2. The van der Waals surface area contributed by atoms with Gasteiger partial charge in [-0.15, -0.1) is 0 Å². The Kier molecular flexibility index (Phi) is 3.87. The second-order valence-electron chi connectivity index (χ2n) is 3.56. The number of rotatable bonds is 4. The predicted octanol–water partition coefficient (Wildman–Crippen LogP) is 1.97. The second kappa shape index (κ2) is 5.41. The van der Waals surface area contributed by atoms with Crippen LogP contribution >= 0.6 is 11.6 Å². The van der Waals surface area contributed by atoms with Crippen LogP contribution in [-0.4, -0.2) is 25.4 Å². The summed E-state index contributed by atoms with van der Waals surface area (Å²) in [5.41, 5.74) is 0.439. The van der Waals surface area contributed by atoms with Crippen molar-refractivity contribution in [2.75, 3.05) is 17.1 Å². The molecule has 0 aromatic carbocycles.